The molecule has 0 aliphatic carbocycles. The SMILES string of the molecule is Cn1ccc(OCc2c(CF)cccc2C(=O)NBr)n1. The minimum atomic E-state index is -0.662. The molecule has 1 aromatic carbocycles. The molecule has 2 aromatic rings. The van der Waals surface area contributed by atoms with Crippen LogP contribution in [-0.4, -0.2) is 15.7 Å². The van der Waals surface area contributed by atoms with E-state index in [-0.39, 0.29) is 12.5 Å². The number of hydrogen-bond donors (Lipinski definition) is 1. The highest BCUT2D eigenvalue weighted by molar-refractivity contribution is 9.08. The van der Waals surface area contributed by atoms with Crippen LogP contribution in [0.3, 0.4) is 0 Å². The van der Waals surface area contributed by atoms with Gasteiger partial charge in [0, 0.05) is 46.6 Å². The van der Waals surface area contributed by atoms with Crippen LogP contribution in [-0.2, 0) is 20.3 Å². The number of amides is 1. The third kappa shape index (κ3) is 3.16. The zero-order chi connectivity index (χ0) is 14.5. The summed E-state index contributed by atoms with van der Waals surface area (Å²) in [6, 6.07) is 6.58. The summed E-state index contributed by atoms with van der Waals surface area (Å²) in [7, 11) is 1.77. The highest BCUT2D eigenvalue weighted by atomic mass is 79.9. The van der Waals surface area contributed by atoms with Gasteiger partial charge in [0.15, 0.2) is 0 Å². The molecule has 1 amide bonds. The van der Waals surface area contributed by atoms with E-state index in [4.69, 9.17) is 4.74 Å². The molecule has 1 N–H and O–H groups in total. The summed E-state index contributed by atoms with van der Waals surface area (Å²) in [5.74, 6) is 0.0753. The number of carbonyl (C=O) groups is 1. The summed E-state index contributed by atoms with van der Waals surface area (Å²) < 4.78 is 22.5. The van der Waals surface area contributed by atoms with E-state index in [1.165, 1.54) is 0 Å². The second kappa shape index (κ2) is 6.51. The average Bonchev–Trinajstić information content (AvgIpc) is 2.89. The van der Waals surface area contributed by atoms with Gasteiger partial charge >= 0.3 is 0 Å². The van der Waals surface area contributed by atoms with Crippen molar-refractivity contribution in [2.75, 3.05) is 0 Å². The van der Waals surface area contributed by atoms with E-state index in [0.29, 0.717) is 22.6 Å². The molecule has 0 spiro atoms. The maximum atomic E-state index is 13.0. The first-order chi connectivity index (χ1) is 9.65. The van der Waals surface area contributed by atoms with Gasteiger partial charge in [-0.05, 0) is 11.6 Å². The molecule has 20 heavy (non-hydrogen) atoms. The van der Waals surface area contributed by atoms with Crippen molar-refractivity contribution in [3.8, 4) is 5.88 Å². The standard InChI is InChI=1S/C13H13BrFN3O2/c1-18-6-5-12(17-18)20-8-11-9(7-15)3-2-4-10(11)13(19)16-14/h2-6H,7-8H2,1H3,(H,16,19). The highest BCUT2D eigenvalue weighted by Crippen LogP contribution is 2.19. The number of carbonyl (C=O) groups excluding carboxylic acids is 1. The molecule has 0 aliphatic rings. The van der Waals surface area contributed by atoms with Gasteiger partial charge in [0.25, 0.3) is 5.91 Å². The van der Waals surface area contributed by atoms with Crippen molar-refractivity contribution < 1.29 is 13.9 Å². The van der Waals surface area contributed by atoms with Gasteiger partial charge < -0.3 is 4.74 Å². The van der Waals surface area contributed by atoms with Crippen molar-refractivity contribution in [2.24, 2.45) is 7.05 Å². The van der Waals surface area contributed by atoms with E-state index in [2.05, 4.69) is 25.6 Å². The van der Waals surface area contributed by atoms with Gasteiger partial charge in [-0.1, -0.05) is 12.1 Å². The van der Waals surface area contributed by atoms with E-state index < -0.39 is 6.67 Å². The zero-order valence-electron chi connectivity index (χ0n) is 10.8. The maximum Gasteiger partial charge on any atom is 0.261 e. The smallest absolute Gasteiger partial charge is 0.261 e. The Labute approximate surface area is 124 Å². The number of hydrogen-bond acceptors (Lipinski definition) is 3. The molecule has 106 valence electrons. The Morgan fingerprint density at radius 2 is 2.30 bits per heavy atom. The lowest BCUT2D eigenvalue weighted by Crippen LogP contribution is -2.16. The van der Waals surface area contributed by atoms with Gasteiger partial charge in [-0.2, -0.15) is 0 Å². The second-order valence-electron chi connectivity index (χ2n) is 4.12. The van der Waals surface area contributed by atoms with Crippen molar-refractivity contribution in [3.05, 3.63) is 47.2 Å². The van der Waals surface area contributed by atoms with Gasteiger partial charge in [-0.15, -0.1) is 5.10 Å². The minimum absolute atomic E-state index is 0.0762. The van der Waals surface area contributed by atoms with Crippen LogP contribution in [0.15, 0.2) is 30.5 Å². The van der Waals surface area contributed by atoms with E-state index in [1.807, 2.05) is 0 Å². The lowest BCUT2D eigenvalue weighted by Gasteiger charge is -2.12. The van der Waals surface area contributed by atoms with Crippen LogP contribution in [0.4, 0.5) is 4.39 Å². The number of nitrogens with one attached hydrogen (secondary N) is 1. The highest BCUT2D eigenvalue weighted by Gasteiger charge is 2.15. The Morgan fingerprint density at radius 3 is 2.90 bits per heavy atom. The molecule has 2 rings (SSSR count). The van der Waals surface area contributed by atoms with Gasteiger partial charge in [0.2, 0.25) is 5.88 Å². The largest absolute Gasteiger partial charge is 0.472 e. The molecule has 0 fully saturated rings. The number of aromatic nitrogens is 2. The monoisotopic (exact) mass is 341 g/mol. The summed E-state index contributed by atoms with van der Waals surface area (Å²) in [5.41, 5.74) is 1.31. The molecular weight excluding hydrogens is 329 g/mol. The fourth-order valence-electron chi connectivity index (χ4n) is 1.81. The molecule has 0 aliphatic heterocycles. The van der Waals surface area contributed by atoms with Crippen LogP contribution in [0, 0.1) is 0 Å². The fourth-order valence-corrected chi connectivity index (χ4v) is 2.02. The van der Waals surface area contributed by atoms with Crippen LogP contribution in [0.2, 0.25) is 0 Å². The number of aryl methyl sites for hydroxylation is 1. The number of benzene rings is 1. The van der Waals surface area contributed by atoms with E-state index >= 15 is 0 Å². The molecule has 0 atom stereocenters. The third-order valence-electron chi connectivity index (χ3n) is 2.80. The molecule has 1 heterocycles. The van der Waals surface area contributed by atoms with E-state index in [9.17, 15) is 9.18 Å². The number of alkyl halides is 1. The quantitative estimate of drug-likeness (QED) is 0.850. The molecule has 7 heteroatoms. The van der Waals surface area contributed by atoms with Crippen molar-refractivity contribution in [2.45, 2.75) is 13.3 Å². The number of ether oxygens (including phenoxy) is 1. The van der Waals surface area contributed by atoms with Crippen LogP contribution in [0.25, 0.3) is 0 Å². The van der Waals surface area contributed by atoms with Gasteiger partial charge in [0.1, 0.15) is 13.3 Å². The summed E-state index contributed by atoms with van der Waals surface area (Å²) in [4.78, 5) is 11.8. The lowest BCUT2D eigenvalue weighted by molar-refractivity contribution is 0.0983. The third-order valence-corrected chi connectivity index (χ3v) is 3.16. The predicted octanol–water partition coefficient (Wildman–Crippen LogP) is 2.51. The van der Waals surface area contributed by atoms with Gasteiger partial charge in [-0.25, -0.2) is 4.39 Å². The molecule has 0 bridgehead atoms. The number of rotatable bonds is 5. The number of nitrogens with zero attached hydrogens (tertiary/aromatic N) is 2. The summed E-state index contributed by atoms with van der Waals surface area (Å²) >= 11 is 2.88. The van der Waals surface area contributed by atoms with Crippen LogP contribution in [0.1, 0.15) is 21.5 Å². The molecule has 0 saturated heterocycles. The van der Waals surface area contributed by atoms with Crippen LogP contribution in [0.5, 0.6) is 5.88 Å². The van der Waals surface area contributed by atoms with Gasteiger partial charge in [-0.3, -0.25) is 13.8 Å². The normalized spacial score (nSPS) is 10.3. The van der Waals surface area contributed by atoms with Crippen molar-refractivity contribution in [1.82, 2.24) is 14.1 Å². The fraction of sp³-hybridized carbons (Fsp3) is 0.231. The first-order valence-electron chi connectivity index (χ1n) is 5.86. The second-order valence-corrected chi connectivity index (χ2v) is 4.51. The van der Waals surface area contributed by atoms with E-state index in [0.717, 1.165) is 0 Å². The van der Waals surface area contributed by atoms with Crippen LogP contribution < -0.4 is 9.08 Å². The molecular formula is C13H13BrFN3O2. The molecule has 0 radical (unpaired) electrons. The zero-order valence-corrected chi connectivity index (χ0v) is 12.4. The average molecular weight is 342 g/mol. The minimum Gasteiger partial charge on any atom is -0.472 e. The Morgan fingerprint density at radius 1 is 1.50 bits per heavy atom. The maximum absolute atomic E-state index is 13.0. The van der Waals surface area contributed by atoms with Crippen molar-refractivity contribution >= 4 is 22.1 Å². The van der Waals surface area contributed by atoms with Crippen molar-refractivity contribution in [1.29, 1.82) is 0 Å². The van der Waals surface area contributed by atoms with Crippen molar-refractivity contribution in [3.63, 3.8) is 0 Å². The molecule has 0 saturated carbocycles. The Bertz CT molecular complexity index is 615. The summed E-state index contributed by atoms with van der Waals surface area (Å²) in [5, 5.41) is 4.07. The summed E-state index contributed by atoms with van der Waals surface area (Å²) in [6.07, 6.45) is 1.74. The van der Waals surface area contributed by atoms with Gasteiger partial charge in [0.05, 0.1) is 0 Å². The summed E-state index contributed by atoms with van der Waals surface area (Å²) in [6.45, 7) is -0.586. The Kier molecular flexibility index (Phi) is 4.73. The molecule has 5 nitrogen and oxygen atoms in total. The molecule has 0 unspecified atom stereocenters. The predicted molar refractivity (Wildman–Crippen MR) is 75.2 cm³/mol. The Balaban J connectivity index is 2.26. The van der Waals surface area contributed by atoms with Crippen LogP contribution >= 0.6 is 16.1 Å². The lowest BCUT2D eigenvalue weighted by atomic mass is 10.0. The Hall–Kier alpha value is -1.89. The number of halogens is 2. The molecule has 1 aromatic heterocycles. The van der Waals surface area contributed by atoms with E-state index in [1.54, 1.807) is 42.2 Å². The first-order valence-corrected chi connectivity index (χ1v) is 6.65. The first kappa shape index (κ1) is 14.5. The topological polar surface area (TPSA) is 56.1 Å².